The molecule has 0 aromatic heterocycles. The molecule has 0 spiro atoms. The minimum atomic E-state index is -0.646. The lowest BCUT2D eigenvalue weighted by Gasteiger charge is -2.37. The van der Waals surface area contributed by atoms with Crippen LogP contribution in [0.25, 0.3) is 0 Å². The summed E-state index contributed by atoms with van der Waals surface area (Å²) in [7, 11) is 1.79. The van der Waals surface area contributed by atoms with E-state index in [1.807, 2.05) is 20.8 Å². The first-order chi connectivity index (χ1) is 8.01. The van der Waals surface area contributed by atoms with E-state index >= 15 is 0 Å². The van der Waals surface area contributed by atoms with Crippen molar-refractivity contribution in [3.63, 3.8) is 0 Å². The fourth-order valence-corrected chi connectivity index (χ4v) is 2.02. The fraction of sp³-hybridized carbons (Fsp3) is 0.917. The van der Waals surface area contributed by atoms with Crippen LogP contribution >= 0.6 is 0 Å². The van der Waals surface area contributed by atoms with E-state index in [2.05, 4.69) is 10.2 Å². The van der Waals surface area contributed by atoms with Gasteiger partial charge in [-0.2, -0.15) is 0 Å². The van der Waals surface area contributed by atoms with Crippen LogP contribution in [0, 0.1) is 0 Å². The van der Waals surface area contributed by atoms with Crippen molar-refractivity contribution >= 4 is 5.97 Å². The summed E-state index contributed by atoms with van der Waals surface area (Å²) in [5.41, 5.74) is -0.646. The van der Waals surface area contributed by atoms with Gasteiger partial charge >= 0.3 is 5.97 Å². The Labute approximate surface area is 103 Å². The molecule has 17 heavy (non-hydrogen) atoms. The summed E-state index contributed by atoms with van der Waals surface area (Å²) in [6.45, 7) is 9.26. The van der Waals surface area contributed by atoms with Crippen LogP contribution in [-0.2, 0) is 14.3 Å². The van der Waals surface area contributed by atoms with Crippen molar-refractivity contribution in [1.82, 2.24) is 10.2 Å². The molecule has 5 heteroatoms. The number of esters is 1. The monoisotopic (exact) mass is 244 g/mol. The van der Waals surface area contributed by atoms with E-state index in [0.29, 0.717) is 13.2 Å². The minimum Gasteiger partial charge on any atom is -0.465 e. The Balaban J connectivity index is 2.57. The van der Waals surface area contributed by atoms with Crippen LogP contribution in [0.1, 0.15) is 20.8 Å². The Morgan fingerprint density at radius 1 is 1.65 bits per heavy atom. The van der Waals surface area contributed by atoms with Crippen LogP contribution in [0.4, 0.5) is 0 Å². The van der Waals surface area contributed by atoms with E-state index < -0.39 is 5.54 Å². The summed E-state index contributed by atoms with van der Waals surface area (Å²) in [6, 6.07) is 0. The van der Waals surface area contributed by atoms with E-state index in [1.54, 1.807) is 7.05 Å². The summed E-state index contributed by atoms with van der Waals surface area (Å²) in [6.07, 6.45) is 0.229. The van der Waals surface area contributed by atoms with E-state index in [1.165, 1.54) is 0 Å². The van der Waals surface area contributed by atoms with Gasteiger partial charge in [-0.25, -0.2) is 0 Å². The third kappa shape index (κ3) is 3.94. The molecule has 1 rings (SSSR count). The molecule has 2 atom stereocenters. The number of carbonyl (C=O) groups excluding carboxylic acids is 1. The van der Waals surface area contributed by atoms with E-state index in [0.717, 1.165) is 19.7 Å². The summed E-state index contributed by atoms with van der Waals surface area (Å²) >= 11 is 0. The maximum Gasteiger partial charge on any atom is 0.327 e. The third-order valence-electron chi connectivity index (χ3n) is 3.14. The van der Waals surface area contributed by atoms with Crippen molar-refractivity contribution in [2.45, 2.75) is 32.4 Å². The summed E-state index contributed by atoms with van der Waals surface area (Å²) < 4.78 is 10.6. The van der Waals surface area contributed by atoms with E-state index in [9.17, 15) is 4.79 Å². The van der Waals surface area contributed by atoms with Gasteiger partial charge in [0.25, 0.3) is 0 Å². The minimum absolute atomic E-state index is 0.193. The van der Waals surface area contributed by atoms with Gasteiger partial charge in [0, 0.05) is 19.6 Å². The average molecular weight is 244 g/mol. The number of hydrogen-bond donors (Lipinski definition) is 1. The highest BCUT2D eigenvalue weighted by atomic mass is 16.5. The molecule has 0 aromatic rings. The highest BCUT2D eigenvalue weighted by Crippen LogP contribution is 2.12. The molecule has 1 fully saturated rings. The molecule has 0 amide bonds. The molecule has 0 bridgehead atoms. The maximum absolute atomic E-state index is 11.9. The lowest BCUT2D eigenvalue weighted by molar-refractivity contribution is -0.152. The molecule has 0 aromatic carbocycles. The second kappa shape index (κ2) is 6.33. The van der Waals surface area contributed by atoms with Gasteiger partial charge in [0.15, 0.2) is 0 Å². The molecule has 1 N–H and O–H groups in total. The second-order valence-electron chi connectivity index (χ2n) is 4.72. The number of morpholine rings is 1. The first kappa shape index (κ1) is 14.4. The quantitative estimate of drug-likeness (QED) is 0.703. The predicted molar refractivity (Wildman–Crippen MR) is 66.0 cm³/mol. The number of nitrogens with one attached hydrogen (secondary N) is 1. The predicted octanol–water partition coefficient (Wildman–Crippen LogP) is 0.248. The number of rotatable bonds is 5. The zero-order valence-corrected chi connectivity index (χ0v) is 11.3. The molecular weight excluding hydrogens is 220 g/mol. The SMILES string of the molecule is CCOC(=O)C(C)(CN1CCOC(C)C1)NC. The van der Waals surface area contributed by atoms with Crippen LogP contribution in [0.3, 0.4) is 0 Å². The number of carbonyl (C=O) groups is 1. The van der Waals surface area contributed by atoms with E-state index in [-0.39, 0.29) is 12.1 Å². The molecule has 0 aliphatic carbocycles. The number of nitrogens with zero attached hydrogens (tertiary/aromatic N) is 1. The second-order valence-corrected chi connectivity index (χ2v) is 4.72. The molecular formula is C12H24N2O3. The molecule has 100 valence electrons. The summed E-state index contributed by atoms with van der Waals surface area (Å²) in [4.78, 5) is 14.1. The van der Waals surface area contributed by atoms with Gasteiger partial charge in [-0.15, -0.1) is 0 Å². The van der Waals surface area contributed by atoms with Crippen molar-refractivity contribution in [3.05, 3.63) is 0 Å². The molecule has 1 saturated heterocycles. The first-order valence-corrected chi connectivity index (χ1v) is 6.22. The molecule has 0 saturated carbocycles. The Kier molecular flexibility index (Phi) is 5.36. The molecule has 1 aliphatic heterocycles. The van der Waals surface area contributed by atoms with Crippen molar-refractivity contribution in [1.29, 1.82) is 0 Å². The van der Waals surface area contributed by atoms with Crippen LogP contribution in [-0.4, -0.2) is 62.4 Å². The lowest BCUT2D eigenvalue weighted by atomic mass is 10.0. The maximum atomic E-state index is 11.9. The molecule has 1 heterocycles. The Morgan fingerprint density at radius 2 is 2.35 bits per heavy atom. The topological polar surface area (TPSA) is 50.8 Å². The van der Waals surface area contributed by atoms with Crippen molar-refractivity contribution < 1.29 is 14.3 Å². The van der Waals surface area contributed by atoms with Crippen molar-refractivity contribution in [2.75, 3.05) is 39.9 Å². The molecule has 5 nitrogen and oxygen atoms in total. The zero-order chi connectivity index (χ0) is 12.9. The van der Waals surface area contributed by atoms with Crippen LogP contribution in [0.5, 0.6) is 0 Å². The Morgan fingerprint density at radius 3 is 2.88 bits per heavy atom. The van der Waals surface area contributed by atoms with Gasteiger partial charge < -0.3 is 14.8 Å². The van der Waals surface area contributed by atoms with Crippen LogP contribution in [0.15, 0.2) is 0 Å². The normalized spacial score (nSPS) is 25.3. The Bertz CT molecular complexity index is 260. The van der Waals surface area contributed by atoms with Gasteiger partial charge in [0.2, 0.25) is 0 Å². The number of ether oxygens (including phenoxy) is 2. The van der Waals surface area contributed by atoms with Gasteiger partial charge in [-0.3, -0.25) is 9.69 Å². The van der Waals surface area contributed by atoms with Crippen LogP contribution in [0.2, 0.25) is 0 Å². The van der Waals surface area contributed by atoms with E-state index in [4.69, 9.17) is 9.47 Å². The van der Waals surface area contributed by atoms with Crippen molar-refractivity contribution in [3.8, 4) is 0 Å². The van der Waals surface area contributed by atoms with Crippen molar-refractivity contribution in [2.24, 2.45) is 0 Å². The molecule has 0 radical (unpaired) electrons. The largest absolute Gasteiger partial charge is 0.465 e. The lowest BCUT2D eigenvalue weighted by Crippen LogP contribution is -2.58. The molecule has 2 unspecified atom stereocenters. The molecule has 1 aliphatic rings. The highest BCUT2D eigenvalue weighted by Gasteiger charge is 2.36. The fourth-order valence-electron chi connectivity index (χ4n) is 2.02. The van der Waals surface area contributed by atoms with Gasteiger partial charge in [0.05, 0.1) is 19.3 Å². The van der Waals surface area contributed by atoms with Gasteiger partial charge in [-0.05, 0) is 27.8 Å². The summed E-state index contributed by atoms with van der Waals surface area (Å²) in [5.74, 6) is -0.193. The highest BCUT2D eigenvalue weighted by molar-refractivity contribution is 5.80. The van der Waals surface area contributed by atoms with Crippen LogP contribution < -0.4 is 5.32 Å². The van der Waals surface area contributed by atoms with Gasteiger partial charge in [0.1, 0.15) is 5.54 Å². The number of hydrogen-bond acceptors (Lipinski definition) is 5. The average Bonchev–Trinajstić information content (AvgIpc) is 2.29. The smallest absolute Gasteiger partial charge is 0.327 e. The zero-order valence-electron chi connectivity index (χ0n) is 11.3. The third-order valence-corrected chi connectivity index (χ3v) is 3.14. The standard InChI is InChI=1S/C12H24N2O3/c1-5-16-11(15)12(3,13-4)9-14-6-7-17-10(2)8-14/h10,13H,5-9H2,1-4H3. The van der Waals surface area contributed by atoms with Gasteiger partial charge in [-0.1, -0.05) is 0 Å². The summed E-state index contributed by atoms with van der Waals surface area (Å²) in [5, 5.41) is 3.07. The number of likely N-dealkylation sites (N-methyl/N-ethyl adjacent to an activating group) is 1. The first-order valence-electron chi connectivity index (χ1n) is 6.22. The Hall–Kier alpha value is -0.650.